The predicted octanol–water partition coefficient (Wildman–Crippen LogP) is 8.54. The van der Waals surface area contributed by atoms with Crippen LogP contribution >= 0.6 is 0 Å². The largest absolute Gasteiger partial charge is 0.497 e. The van der Waals surface area contributed by atoms with Gasteiger partial charge in [-0.3, -0.25) is 9.78 Å². The molecule has 1 N–H and O–H groups in total. The molecule has 0 spiro atoms. The van der Waals surface area contributed by atoms with Gasteiger partial charge in [-0.15, -0.1) is 0 Å². The van der Waals surface area contributed by atoms with E-state index < -0.39 is 0 Å². The fourth-order valence-electron chi connectivity index (χ4n) is 6.61. The van der Waals surface area contributed by atoms with E-state index >= 15 is 0 Å². The first-order chi connectivity index (χ1) is 18.7. The van der Waals surface area contributed by atoms with Crippen molar-refractivity contribution in [1.29, 1.82) is 0 Å². The van der Waals surface area contributed by atoms with E-state index in [1.807, 2.05) is 19.1 Å². The summed E-state index contributed by atoms with van der Waals surface area (Å²) in [5.41, 5.74) is 8.81. The Hall–Kier alpha value is -3.08. The van der Waals surface area contributed by atoms with Crippen LogP contribution in [0.15, 0.2) is 41.9 Å². The molecule has 39 heavy (non-hydrogen) atoms. The molecule has 0 saturated heterocycles. The van der Waals surface area contributed by atoms with E-state index in [4.69, 9.17) is 9.72 Å². The fourth-order valence-corrected chi connectivity index (χ4v) is 6.61. The van der Waals surface area contributed by atoms with Gasteiger partial charge in [-0.25, -0.2) is 0 Å². The number of aromatic nitrogens is 1. The lowest BCUT2D eigenvalue weighted by molar-refractivity contribution is 0.0980. The highest BCUT2D eigenvalue weighted by atomic mass is 16.5. The minimum atomic E-state index is 0.183. The summed E-state index contributed by atoms with van der Waals surface area (Å²) in [6.45, 7) is 14.7. The molecule has 5 heteroatoms. The maximum absolute atomic E-state index is 13.2. The highest BCUT2D eigenvalue weighted by molar-refractivity contribution is 5.96. The van der Waals surface area contributed by atoms with E-state index in [9.17, 15) is 4.79 Å². The third-order valence-corrected chi connectivity index (χ3v) is 8.78. The van der Waals surface area contributed by atoms with Crippen molar-refractivity contribution in [3.63, 3.8) is 0 Å². The Kier molecular flexibility index (Phi) is 8.16. The average Bonchev–Trinajstić information content (AvgIpc) is 3.49. The number of ketones is 1. The second-order valence-corrected chi connectivity index (χ2v) is 12.2. The van der Waals surface area contributed by atoms with Crippen LogP contribution < -0.4 is 10.2 Å². The smallest absolute Gasteiger partial charge is 0.163 e. The molecule has 1 aliphatic carbocycles. The highest BCUT2D eigenvalue weighted by Gasteiger charge is 2.32. The normalized spacial score (nSPS) is 25.3. The number of allylic oxidation sites excluding steroid dienone is 3. The second-order valence-electron chi connectivity index (χ2n) is 12.2. The topological polar surface area (TPSA) is 54.5 Å². The molecule has 5 nitrogen and oxygen atoms in total. The molecule has 1 aromatic carbocycles. The Morgan fingerprint density at radius 2 is 1.90 bits per heavy atom. The standard InChI is InChI=1S/C34H45N3O2/c1-7-33-24(6)29-17-27(15-23(5)35-29)32(38)10-8-9-11-34-36-30-14-22(4)28(21(2)3)18-31(30)37(34)19-25-12-13-26(16-25)20-39-33/h11,14-15,17-18,21,25-26,36H,7-10,12-13,16,19-20H2,1-6H3/b33-24-,34-11-. The molecule has 0 amide bonds. The van der Waals surface area contributed by atoms with Gasteiger partial charge in [0.15, 0.2) is 5.78 Å². The van der Waals surface area contributed by atoms with Crippen LogP contribution in [0.1, 0.15) is 111 Å². The van der Waals surface area contributed by atoms with Gasteiger partial charge < -0.3 is 15.0 Å². The lowest BCUT2D eigenvalue weighted by Crippen LogP contribution is -2.27. The molecule has 4 bridgehead atoms. The van der Waals surface area contributed by atoms with E-state index in [-0.39, 0.29) is 5.78 Å². The van der Waals surface area contributed by atoms with Crippen LogP contribution in [0.4, 0.5) is 11.4 Å². The number of aryl methyl sites for hydroxylation is 2. The summed E-state index contributed by atoms with van der Waals surface area (Å²) in [5.74, 6) is 4.04. The number of carbonyl (C=O) groups excluding carboxylic acids is 1. The van der Waals surface area contributed by atoms with E-state index in [0.717, 1.165) is 60.7 Å². The first-order valence-electron chi connectivity index (χ1n) is 15.0. The molecule has 2 atom stereocenters. The van der Waals surface area contributed by atoms with Crippen LogP contribution in [-0.2, 0) is 4.74 Å². The van der Waals surface area contributed by atoms with Gasteiger partial charge >= 0.3 is 0 Å². The van der Waals surface area contributed by atoms with Gasteiger partial charge in [-0.1, -0.05) is 20.8 Å². The quantitative estimate of drug-likeness (QED) is 0.424. The molecular formula is C34H45N3O2. The van der Waals surface area contributed by atoms with Gasteiger partial charge in [0, 0.05) is 36.2 Å². The van der Waals surface area contributed by atoms with Crippen LogP contribution in [0, 0.1) is 25.7 Å². The lowest BCUT2D eigenvalue weighted by atomic mass is 9.96. The maximum atomic E-state index is 13.2. The summed E-state index contributed by atoms with van der Waals surface area (Å²) in [6, 6.07) is 8.60. The third kappa shape index (κ3) is 5.92. The summed E-state index contributed by atoms with van der Waals surface area (Å²) in [6.07, 6.45) is 8.98. The number of hydrogen-bond donors (Lipinski definition) is 1. The fraction of sp³-hybridized carbons (Fsp3) is 0.529. The SMILES string of the molecule is CC/C1=C(\C)c2cc(cc(C)n2)C(=O)CCC/C=C2/Nc3cc(C)c(C(C)C)cc3N2CC2CCC(CO1)C2. The number of ether oxygens (including phenoxy) is 1. The molecule has 3 aliphatic rings. The van der Waals surface area contributed by atoms with Crippen LogP contribution in [0.2, 0.25) is 0 Å². The summed E-state index contributed by atoms with van der Waals surface area (Å²) < 4.78 is 6.46. The number of benzene rings is 1. The second kappa shape index (κ2) is 11.6. The zero-order valence-corrected chi connectivity index (χ0v) is 24.7. The number of hydrogen-bond acceptors (Lipinski definition) is 5. The van der Waals surface area contributed by atoms with Gasteiger partial charge in [-0.2, -0.15) is 0 Å². The van der Waals surface area contributed by atoms with Crippen LogP contribution in [0.5, 0.6) is 0 Å². The highest BCUT2D eigenvalue weighted by Crippen LogP contribution is 2.43. The average molecular weight is 528 g/mol. The summed E-state index contributed by atoms with van der Waals surface area (Å²) in [4.78, 5) is 20.5. The van der Waals surface area contributed by atoms with E-state index in [1.54, 1.807) is 0 Å². The zero-order valence-electron chi connectivity index (χ0n) is 24.7. The van der Waals surface area contributed by atoms with Gasteiger partial charge in [0.05, 0.1) is 23.7 Å². The molecule has 1 fully saturated rings. The van der Waals surface area contributed by atoms with Crippen molar-refractivity contribution in [3.05, 3.63) is 70.0 Å². The van der Waals surface area contributed by atoms with E-state index in [2.05, 4.69) is 63.0 Å². The first-order valence-corrected chi connectivity index (χ1v) is 15.0. The van der Waals surface area contributed by atoms with Crippen LogP contribution in [0.25, 0.3) is 5.57 Å². The van der Waals surface area contributed by atoms with Crippen molar-refractivity contribution < 1.29 is 9.53 Å². The molecule has 1 saturated carbocycles. The minimum Gasteiger partial charge on any atom is -0.497 e. The maximum Gasteiger partial charge on any atom is 0.163 e. The third-order valence-electron chi connectivity index (χ3n) is 8.78. The molecule has 3 heterocycles. The van der Waals surface area contributed by atoms with Crippen molar-refractivity contribution in [2.75, 3.05) is 23.4 Å². The molecule has 2 aliphatic heterocycles. The van der Waals surface area contributed by atoms with E-state index in [1.165, 1.54) is 47.6 Å². The number of rotatable bonds is 2. The molecule has 2 aromatic rings. The summed E-state index contributed by atoms with van der Waals surface area (Å²) in [7, 11) is 0. The summed E-state index contributed by atoms with van der Waals surface area (Å²) in [5, 5.41) is 3.73. The van der Waals surface area contributed by atoms with Crippen molar-refractivity contribution in [2.24, 2.45) is 11.8 Å². The van der Waals surface area contributed by atoms with Crippen molar-refractivity contribution >= 4 is 22.7 Å². The van der Waals surface area contributed by atoms with Crippen molar-refractivity contribution in [3.8, 4) is 0 Å². The Balaban J connectivity index is 1.47. The lowest BCUT2D eigenvalue weighted by Gasteiger charge is -2.25. The van der Waals surface area contributed by atoms with Crippen LogP contribution in [0.3, 0.4) is 0 Å². The molecule has 0 radical (unpaired) electrons. The zero-order chi connectivity index (χ0) is 27.7. The van der Waals surface area contributed by atoms with Gasteiger partial charge in [0.1, 0.15) is 11.6 Å². The van der Waals surface area contributed by atoms with Gasteiger partial charge in [0.2, 0.25) is 0 Å². The Morgan fingerprint density at radius 3 is 2.67 bits per heavy atom. The van der Waals surface area contributed by atoms with E-state index in [0.29, 0.717) is 24.2 Å². The number of nitrogens with one attached hydrogen (secondary N) is 1. The number of pyridine rings is 1. The molecule has 5 rings (SSSR count). The van der Waals surface area contributed by atoms with Gasteiger partial charge in [0.25, 0.3) is 0 Å². The minimum absolute atomic E-state index is 0.183. The number of fused-ring (bicyclic) bond motifs is 7. The van der Waals surface area contributed by atoms with Crippen LogP contribution in [-0.4, -0.2) is 23.9 Å². The number of carbonyl (C=O) groups is 1. The van der Waals surface area contributed by atoms with Gasteiger partial charge in [-0.05, 0) is 112 Å². The number of nitrogens with zero attached hydrogens (tertiary/aromatic N) is 2. The van der Waals surface area contributed by atoms with Crippen molar-refractivity contribution in [1.82, 2.24) is 4.98 Å². The Bertz CT molecular complexity index is 1310. The monoisotopic (exact) mass is 527 g/mol. The molecule has 1 aromatic heterocycles. The van der Waals surface area contributed by atoms with Crippen molar-refractivity contribution in [2.45, 2.75) is 92.4 Å². The predicted molar refractivity (Wildman–Crippen MR) is 161 cm³/mol. The number of anilines is 2. The summed E-state index contributed by atoms with van der Waals surface area (Å²) >= 11 is 0. The Morgan fingerprint density at radius 1 is 1.10 bits per heavy atom. The number of Topliss-reactive ketones (excluding diaryl/α,β-unsaturated/α-hetero) is 1. The molecule has 208 valence electrons. The molecule has 2 unspecified atom stereocenters. The Labute approximate surface area is 234 Å². The first kappa shape index (κ1) is 27.5. The molecular weight excluding hydrogens is 482 g/mol.